The van der Waals surface area contributed by atoms with E-state index in [-0.39, 0.29) is 18.7 Å². The van der Waals surface area contributed by atoms with E-state index >= 15 is 0 Å². The van der Waals surface area contributed by atoms with Crippen molar-refractivity contribution in [2.45, 2.75) is 63.7 Å². The zero-order valence-corrected chi connectivity index (χ0v) is 28.8. The zero-order valence-electron chi connectivity index (χ0n) is 28.8. The summed E-state index contributed by atoms with van der Waals surface area (Å²) in [5.74, 6) is -1.16. The maximum Gasteiger partial charge on any atom is 0.264 e. The van der Waals surface area contributed by atoms with Crippen molar-refractivity contribution < 1.29 is 19.2 Å². The van der Waals surface area contributed by atoms with Gasteiger partial charge in [-0.1, -0.05) is 66.7 Å². The highest BCUT2D eigenvalue weighted by atomic mass is 16.2. The van der Waals surface area contributed by atoms with Gasteiger partial charge in [0.25, 0.3) is 11.8 Å². The molecular weight excluding hydrogens is 628 g/mol. The molecule has 4 amide bonds. The minimum Gasteiger partial charge on any atom is -0.368 e. The molecule has 3 aromatic carbocycles. The molecule has 10 nitrogen and oxygen atoms in total. The average Bonchev–Trinajstić information content (AvgIpc) is 3.40. The Morgan fingerprint density at radius 3 is 2.02 bits per heavy atom. The first-order valence-electron chi connectivity index (χ1n) is 18.3. The number of carbonyl (C=O) groups excluding carboxylic acids is 4. The molecule has 1 saturated carbocycles. The fourth-order valence-corrected chi connectivity index (χ4v) is 8.18. The summed E-state index contributed by atoms with van der Waals surface area (Å²) in [6.45, 7) is 8.19. The van der Waals surface area contributed by atoms with E-state index in [4.69, 9.17) is 0 Å². The van der Waals surface area contributed by atoms with Crippen LogP contribution in [0.2, 0.25) is 0 Å². The van der Waals surface area contributed by atoms with Crippen LogP contribution in [0.1, 0.15) is 70.4 Å². The number of nitrogens with one attached hydrogen (secondary N) is 2. The predicted molar refractivity (Wildman–Crippen MR) is 193 cm³/mol. The van der Waals surface area contributed by atoms with Gasteiger partial charge < -0.3 is 10.2 Å². The number of imide groups is 2. The highest BCUT2D eigenvalue weighted by molar-refractivity contribution is 6.25. The molecule has 262 valence electrons. The summed E-state index contributed by atoms with van der Waals surface area (Å²) in [6.07, 6.45) is 5.23. The molecule has 3 aromatic rings. The molecule has 0 spiro atoms. The van der Waals surface area contributed by atoms with Crippen molar-refractivity contribution >= 4 is 29.3 Å². The molecule has 2 saturated heterocycles. The number of hydrogen-bond donors (Lipinski definition) is 2. The molecule has 0 bridgehead atoms. The van der Waals surface area contributed by atoms with Gasteiger partial charge in [0.05, 0.1) is 16.8 Å². The van der Waals surface area contributed by atoms with E-state index in [9.17, 15) is 19.2 Å². The Labute approximate surface area is 294 Å². The smallest absolute Gasteiger partial charge is 0.264 e. The number of carbonyl (C=O) groups is 4. The van der Waals surface area contributed by atoms with E-state index in [1.807, 2.05) is 6.07 Å². The number of piperazine rings is 1. The van der Waals surface area contributed by atoms with Gasteiger partial charge in [-0.15, -0.1) is 0 Å². The normalized spacial score (nSPS) is 23.0. The molecule has 10 heteroatoms. The van der Waals surface area contributed by atoms with Crippen molar-refractivity contribution in [1.29, 1.82) is 0 Å². The molecule has 1 atom stereocenters. The van der Waals surface area contributed by atoms with Crippen LogP contribution in [-0.4, -0.2) is 96.2 Å². The highest BCUT2D eigenvalue weighted by Gasteiger charge is 2.46. The molecule has 2 N–H and O–H groups in total. The molecule has 0 aromatic heterocycles. The van der Waals surface area contributed by atoms with Crippen LogP contribution in [-0.2, 0) is 22.7 Å². The number of anilines is 1. The van der Waals surface area contributed by atoms with E-state index in [0.29, 0.717) is 23.1 Å². The number of rotatable bonds is 12. The van der Waals surface area contributed by atoms with E-state index in [2.05, 4.69) is 86.0 Å². The Balaban J connectivity index is 0.853. The molecule has 50 heavy (non-hydrogen) atoms. The fraction of sp³-hybridized carbons (Fsp3) is 0.450. The van der Waals surface area contributed by atoms with Gasteiger partial charge in [-0.3, -0.25) is 39.2 Å². The van der Waals surface area contributed by atoms with Crippen molar-refractivity contribution in [1.82, 2.24) is 25.3 Å². The second-order valence-corrected chi connectivity index (χ2v) is 14.2. The van der Waals surface area contributed by atoms with Crippen LogP contribution in [0.4, 0.5) is 5.69 Å². The van der Waals surface area contributed by atoms with E-state index in [1.54, 1.807) is 12.1 Å². The first-order valence-corrected chi connectivity index (χ1v) is 18.3. The third-order valence-electron chi connectivity index (χ3n) is 11.0. The first kappa shape index (κ1) is 34.1. The van der Waals surface area contributed by atoms with Crippen LogP contribution in [0, 0.1) is 5.92 Å². The third kappa shape index (κ3) is 7.67. The molecule has 4 aliphatic rings. The Kier molecular flexibility index (Phi) is 10.7. The lowest BCUT2D eigenvalue weighted by Crippen LogP contribution is -2.54. The van der Waals surface area contributed by atoms with Crippen LogP contribution in [0.15, 0.2) is 78.9 Å². The summed E-state index contributed by atoms with van der Waals surface area (Å²) < 4.78 is 0. The lowest BCUT2D eigenvalue weighted by molar-refractivity contribution is -0.136. The van der Waals surface area contributed by atoms with E-state index < -0.39 is 23.8 Å². The van der Waals surface area contributed by atoms with E-state index in [0.717, 1.165) is 69.5 Å². The van der Waals surface area contributed by atoms with Gasteiger partial charge in [0, 0.05) is 64.8 Å². The SMILES string of the molecule is O=C1CCC(N2C(=O)c3cccc(N4CCN(CCNCC5CCC(N(Cc6ccccc6)Cc6ccccc6)CC5)CC4)c3C2=O)C(=O)N1. The molecule has 0 radical (unpaired) electrons. The molecule has 1 aliphatic carbocycles. The maximum atomic E-state index is 13.6. The van der Waals surface area contributed by atoms with Gasteiger partial charge in [0.15, 0.2) is 0 Å². The van der Waals surface area contributed by atoms with Crippen molar-refractivity contribution in [2.75, 3.05) is 50.7 Å². The van der Waals surface area contributed by atoms with Crippen molar-refractivity contribution in [3.8, 4) is 0 Å². The van der Waals surface area contributed by atoms with Crippen molar-refractivity contribution in [3.05, 3.63) is 101 Å². The number of amides is 4. The van der Waals surface area contributed by atoms with Crippen LogP contribution >= 0.6 is 0 Å². The highest BCUT2D eigenvalue weighted by Crippen LogP contribution is 2.35. The van der Waals surface area contributed by atoms with Crippen LogP contribution in [0.5, 0.6) is 0 Å². The van der Waals surface area contributed by atoms with Gasteiger partial charge in [0.1, 0.15) is 6.04 Å². The summed E-state index contributed by atoms with van der Waals surface area (Å²) in [4.78, 5) is 59.3. The Bertz CT molecular complexity index is 1630. The Morgan fingerprint density at radius 2 is 1.38 bits per heavy atom. The molecule has 3 aliphatic heterocycles. The summed E-state index contributed by atoms with van der Waals surface area (Å²) in [5, 5.41) is 6.02. The average molecular weight is 677 g/mol. The fourth-order valence-electron chi connectivity index (χ4n) is 8.18. The minimum absolute atomic E-state index is 0.109. The quantitative estimate of drug-likeness (QED) is 0.219. The van der Waals surface area contributed by atoms with E-state index in [1.165, 1.54) is 36.8 Å². The molecule has 3 fully saturated rings. The zero-order chi connectivity index (χ0) is 34.5. The summed E-state index contributed by atoms with van der Waals surface area (Å²) in [7, 11) is 0. The van der Waals surface area contributed by atoms with Crippen LogP contribution in [0.3, 0.4) is 0 Å². The third-order valence-corrected chi connectivity index (χ3v) is 11.0. The molecular formula is C40H48N6O4. The predicted octanol–water partition coefficient (Wildman–Crippen LogP) is 4.06. The van der Waals surface area contributed by atoms with Gasteiger partial charge in [-0.05, 0) is 67.8 Å². The lowest BCUT2D eigenvalue weighted by Gasteiger charge is -2.38. The second kappa shape index (κ2) is 15.7. The number of fused-ring (bicyclic) bond motifs is 1. The van der Waals surface area contributed by atoms with Gasteiger partial charge >= 0.3 is 0 Å². The Morgan fingerprint density at radius 1 is 0.720 bits per heavy atom. The number of nitrogens with zero attached hydrogens (tertiary/aromatic N) is 4. The monoisotopic (exact) mass is 676 g/mol. The van der Waals surface area contributed by atoms with Crippen LogP contribution in [0.25, 0.3) is 0 Å². The van der Waals surface area contributed by atoms with Crippen molar-refractivity contribution in [2.24, 2.45) is 5.92 Å². The minimum atomic E-state index is -0.957. The van der Waals surface area contributed by atoms with Gasteiger partial charge in [-0.2, -0.15) is 0 Å². The van der Waals surface area contributed by atoms with Crippen LogP contribution < -0.4 is 15.5 Å². The maximum absolute atomic E-state index is 13.6. The summed E-state index contributed by atoms with van der Waals surface area (Å²) in [5.41, 5.74) is 4.20. The largest absolute Gasteiger partial charge is 0.368 e. The second-order valence-electron chi connectivity index (χ2n) is 14.2. The van der Waals surface area contributed by atoms with Crippen molar-refractivity contribution in [3.63, 3.8) is 0 Å². The van der Waals surface area contributed by atoms with Gasteiger partial charge in [-0.25, -0.2) is 0 Å². The summed E-state index contributed by atoms with van der Waals surface area (Å²) >= 11 is 0. The molecule has 7 rings (SSSR count). The number of hydrogen-bond acceptors (Lipinski definition) is 8. The number of piperidine rings is 1. The number of benzene rings is 3. The first-order chi connectivity index (χ1) is 24.4. The lowest BCUT2D eigenvalue weighted by atomic mass is 9.85. The molecule has 3 heterocycles. The molecule has 1 unspecified atom stereocenters. The Hall–Kier alpha value is -4.38. The topological polar surface area (TPSA) is 105 Å². The van der Waals surface area contributed by atoms with Gasteiger partial charge in [0.2, 0.25) is 11.8 Å². The standard InChI is InChI=1S/C40H48N6O4/c47-36-19-18-35(38(48)42-36)46-39(49)33-12-7-13-34(37(33)40(46)50)44-24-22-43(23-25-44)21-20-41-26-29-14-16-32(17-15-29)45(27-30-8-3-1-4-9-30)28-31-10-5-2-6-11-31/h1-13,29,32,35,41H,14-28H2,(H,42,47,48). The summed E-state index contributed by atoms with van der Waals surface area (Å²) in [6, 6.07) is 26.7.